The van der Waals surface area contributed by atoms with E-state index in [1.165, 1.54) is 0 Å². The second-order valence-corrected chi connectivity index (χ2v) is 4.73. The molecule has 0 saturated heterocycles. The van der Waals surface area contributed by atoms with Gasteiger partial charge in [-0.3, -0.25) is 4.57 Å². The van der Waals surface area contributed by atoms with Crippen LogP contribution in [-0.4, -0.2) is 14.7 Å². The quantitative estimate of drug-likeness (QED) is 0.755. The Labute approximate surface area is 113 Å². The number of aromatic nitrogens is 2. The average molecular weight is 275 g/mol. The van der Waals surface area contributed by atoms with Crippen LogP contribution in [0.5, 0.6) is 5.75 Å². The number of fused-ring (bicyclic) bond motifs is 1. The molecule has 5 heteroatoms. The minimum atomic E-state index is -0.216. The molecule has 4 nitrogen and oxygen atoms in total. The zero-order valence-electron chi connectivity index (χ0n) is 9.93. The van der Waals surface area contributed by atoms with Crippen molar-refractivity contribution in [2.24, 2.45) is 0 Å². The first-order chi connectivity index (χ1) is 9.15. The molecule has 0 aliphatic rings. The third-order valence-corrected chi connectivity index (χ3v) is 3.33. The molecule has 0 aliphatic heterocycles. The Morgan fingerprint density at radius 1 is 1.21 bits per heavy atom. The molecule has 96 valence electrons. The average Bonchev–Trinajstić information content (AvgIpc) is 2.69. The summed E-state index contributed by atoms with van der Waals surface area (Å²) in [5.74, 6) is 0.184. The zero-order valence-corrected chi connectivity index (χ0v) is 10.7. The van der Waals surface area contributed by atoms with Gasteiger partial charge in [0.15, 0.2) is 0 Å². The lowest BCUT2D eigenvalue weighted by Crippen LogP contribution is -2.17. The normalized spacial score (nSPS) is 11.0. The fraction of sp³-hybridized carbons (Fsp3) is 0.0714. The van der Waals surface area contributed by atoms with Crippen LogP contribution in [0, 0.1) is 0 Å². The second-order valence-electron chi connectivity index (χ2n) is 4.32. The highest BCUT2D eigenvalue weighted by molar-refractivity contribution is 6.34. The van der Waals surface area contributed by atoms with Crippen molar-refractivity contribution in [2.75, 3.05) is 0 Å². The fourth-order valence-corrected chi connectivity index (χ4v) is 2.36. The molecule has 2 N–H and O–H groups in total. The molecule has 0 aliphatic carbocycles. The predicted octanol–water partition coefficient (Wildman–Crippen LogP) is 2.74. The molecule has 19 heavy (non-hydrogen) atoms. The van der Waals surface area contributed by atoms with Crippen LogP contribution in [0.25, 0.3) is 11.0 Å². The maximum atomic E-state index is 12.0. The Bertz CT molecular complexity index is 805. The Balaban J connectivity index is 2.13. The SMILES string of the molecule is O=c1[nH]c2c(Cl)cccc2n1Cc1cccc(O)c1. The number of nitrogens with zero attached hydrogens (tertiary/aromatic N) is 1. The first-order valence-corrected chi connectivity index (χ1v) is 6.18. The third-order valence-electron chi connectivity index (χ3n) is 3.01. The summed E-state index contributed by atoms with van der Waals surface area (Å²) in [4.78, 5) is 14.7. The van der Waals surface area contributed by atoms with Gasteiger partial charge in [-0.05, 0) is 29.8 Å². The molecular weight excluding hydrogens is 264 g/mol. The van der Waals surface area contributed by atoms with Crippen molar-refractivity contribution in [3.05, 3.63) is 63.5 Å². The van der Waals surface area contributed by atoms with Crippen LogP contribution in [0.4, 0.5) is 0 Å². The summed E-state index contributed by atoms with van der Waals surface area (Å²) >= 11 is 6.05. The molecule has 0 saturated carbocycles. The number of halogens is 1. The van der Waals surface area contributed by atoms with Gasteiger partial charge in [0.2, 0.25) is 0 Å². The number of aromatic hydroxyl groups is 1. The summed E-state index contributed by atoms with van der Waals surface area (Å²) in [6.07, 6.45) is 0. The van der Waals surface area contributed by atoms with Gasteiger partial charge in [-0.2, -0.15) is 0 Å². The van der Waals surface area contributed by atoms with E-state index in [1.807, 2.05) is 12.1 Å². The van der Waals surface area contributed by atoms with Crippen LogP contribution in [-0.2, 0) is 6.54 Å². The van der Waals surface area contributed by atoms with Gasteiger partial charge in [-0.25, -0.2) is 4.79 Å². The third kappa shape index (κ3) is 2.11. The number of imidazole rings is 1. The number of H-pyrrole nitrogens is 1. The minimum absolute atomic E-state index is 0.184. The molecule has 0 amide bonds. The van der Waals surface area contributed by atoms with Crippen molar-refractivity contribution in [3.63, 3.8) is 0 Å². The van der Waals surface area contributed by atoms with Crippen molar-refractivity contribution in [1.29, 1.82) is 0 Å². The summed E-state index contributed by atoms with van der Waals surface area (Å²) in [6, 6.07) is 12.2. The van der Waals surface area contributed by atoms with Gasteiger partial charge < -0.3 is 10.1 Å². The van der Waals surface area contributed by atoms with Gasteiger partial charge in [-0.1, -0.05) is 29.8 Å². The number of aromatic amines is 1. The van der Waals surface area contributed by atoms with Crippen molar-refractivity contribution in [3.8, 4) is 5.75 Å². The smallest absolute Gasteiger partial charge is 0.326 e. The topological polar surface area (TPSA) is 58.0 Å². The van der Waals surface area contributed by atoms with E-state index < -0.39 is 0 Å². The first kappa shape index (κ1) is 11.9. The Hall–Kier alpha value is -2.20. The van der Waals surface area contributed by atoms with Gasteiger partial charge in [0.25, 0.3) is 0 Å². The van der Waals surface area contributed by atoms with E-state index in [0.29, 0.717) is 17.1 Å². The van der Waals surface area contributed by atoms with E-state index in [9.17, 15) is 9.90 Å². The van der Waals surface area contributed by atoms with Gasteiger partial charge >= 0.3 is 5.69 Å². The van der Waals surface area contributed by atoms with Crippen molar-refractivity contribution in [1.82, 2.24) is 9.55 Å². The van der Waals surface area contributed by atoms with Crippen molar-refractivity contribution >= 4 is 22.6 Å². The van der Waals surface area contributed by atoms with Gasteiger partial charge in [0.1, 0.15) is 5.75 Å². The molecule has 0 unspecified atom stereocenters. The summed E-state index contributed by atoms with van der Waals surface area (Å²) in [5, 5.41) is 9.97. The van der Waals surface area contributed by atoms with Crippen LogP contribution < -0.4 is 5.69 Å². The number of hydrogen-bond donors (Lipinski definition) is 2. The monoisotopic (exact) mass is 274 g/mol. The molecule has 0 radical (unpaired) electrons. The number of rotatable bonds is 2. The maximum absolute atomic E-state index is 12.0. The lowest BCUT2D eigenvalue weighted by Gasteiger charge is -2.04. The molecule has 0 bridgehead atoms. The van der Waals surface area contributed by atoms with Crippen LogP contribution in [0.1, 0.15) is 5.56 Å². The van der Waals surface area contributed by atoms with Crippen LogP contribution in [0.2, 0.25) is 5.02 Å². The largest absolute Gasteiger partial charge is 0.508 e. The highest BCUT2D eigenvalue weighted by atomic mass is 35.5. The molecule has 1 aromatic heterocycles. The second kappa shape index (κ2) is 4.48. The fourth-order valence-electron chi connectivity index (χ4n) is 2.14. The summed E-state index contributed by atoms with van der Waals surface area (Å²) in [6.45, 7) is 0.383. The molecule has 2 aromatic carbocycles. The van der Waals surface area contributed by atoms with Crippen molar-refractivity contribution in [2.45, 2.75) is 6.54 Å². The van der Waals surface area contributed by atoms with E-state index in [-0.39, 0.29) is 11.4 Å². The molecule has 0 atom stereocenters. The summed E-state index contributed by atoms with van der Waals surface area (Å²) in [5.41, 5.74) is 2.02. The molecule has 3 aromatic rings. The summed E-state index contributed by atoms with van der Waals surface area (Å²) < 4.78 is 1.59. The molecule has 0 spiro atoms. The van der Waals surface area contributed by atoms with Crippen LogP contribution in [0.15, 0.2) is 47.3 Å². The van der Waals surface area contributed by atoms with E-state index in [1.54, 1.807) is 34.9 Å². The van der Waals surface area contributed by atoms with Crippen molar-refractivity contribution < 1.29 is 5.11 Å². The highest BCUT2D eigenvalue weighted by Crippen LogP contribution is 2.21. The Morgan fingerprint density at radius 3 is 2.79 bits per heavy atom. The number of phenols is 1. The molecule has 1 heterocycles. The zero-order chi connectivity index (χ0) is 13.4. The van der Waals surface area contributed by atoms with E-state index in [0.717, 1.165) is 11.1 Å². The van der Waals surface area contributed by atoms with E-state index in [4.69, 9.17) is 11.6 Å². The Kier molecular flexibility index (Phi) is 2.80. The van der Waals surface area contributed by atoms with E-state index in [2.05, 4.69) is 4.98 Å². The lowest BCUT2D eigenvalue weighted by atomic mass is 10.2. The minimum Gasteiger partial charge on any atom is -0.508 e. The molecule has 3 rings (SSSR count). The van der Waals surface area contributed by atoms with Gasteiger partial charge in [-0.15, -0.1) is 0 Å². The number of nitrogens with one attached hydrogen (secondary N) is 1. The number of para-hydroxylation sites is 1. The predicted molar refractivity (Wildman–Crippen MR) is 74.8 cm³/mol. The number of phenolic OH excluding ortho intramolecular Hbond substituents is 1. The van der Waals surface area contributed by atoms with Gasteiger partial charge in [0.05, 0.1) is 22.6 Å². The lowest BCUT2D eigenvalue weighted by molar-refractivity contribution is 0.474. The summed E-state index contributed by atoms with van der Waals surface area (Å²) in [7, 11) is 0. The van der Waals surface area contributed by atoms with Crippen LogP contribution in [0.3, 0.4) is 0 Å². The first-order valence-electron chi connectivity index (χ1n) is 5.80. The Morgan fingerprint density at radius 2 is 2.00 bits per heavy atom. The molecular formula is C14H11ClN2O2. The number of hydrogen-bond acceptors (Lipinski definition) is 2. The highest BCUT2D eigenvalue weighted by Gasteiger charge is 2.09. The van der Waals surface area contributed by atoms with Crippen LogP contribution >= 0.6 is 11.6 Å². The van der Waals surface area contributed by atoms with Gasteiger partial charge in [0, 0.05) is 0 Å². The molecule has 0 fully saturated rings. The number of benzene rings is 2. The standard InChI is InChI=1S/C14H11ClN2O2/c15-11-5-2-6-12-13(11)16-14(19)17(12)8-9-3-1-4-10(18)7-9/h1-7,18H,8H2,(H,16,19). The maximum Gasteiger partial charge on any atom is 0.326 e. The van der Waals surface area contributed by atoms with E-state index >= 15 is 0 Å².